The second-order valence-corrected chi connectivity index (χ2v) is 5.41. The molecule has 0 N–H and O–H groups in total. The highest BCUT2D eigenvalue weighted by molar-refractivity contribution is 5.92. The summed E-state index contributed by atoms with van der Waals surface area (Å²) < 4.78 is 5.60. The molecule has 2 heteroatoms. The van der Waals surface area contributed by atoms with Crippen molar-refractivity contribution in [3.63, 3.8) is 0 Å². The SMILES string of the molecule is CC1=CCC2=C(C)CCC3=C(C)C(=O)OC3C12. The molecule has 0 saturated heterocycles. The lowest BCUT2D eigenvalue weighted by molar-refractivity contribution is -0.140. The monoisotopic (exact) mass is 230 g/mol. The minimum Gasteiger partial charge on any atom is -0.453 e. The van der Waals surface area contributed by atoms with Gasteiger partial charge in [-0.15, -0.1) is 0 Å². The summed E-state index contributed by atoms with van der Waals surface area (Å²) in [6.07, 6.45) is 5.39. The molecule has 0 amide bonds. The molecule has 3 rings (SSSR count). The van der Waals surface area contributed by atoms with Crippen molar-refractivity contribution in [1.82, 2.24) is 0 Å². The van der Waals surface area contributed by atoms with Crippen molar-refractivity contribution >= 4 is 5.97 Å². The average molecular weight is 230 g/mol. The predicted octanol–water partition coefficient (Wildman–Crippen LogP) is 3.30. The molecule has 0 aromatic rings. The predicted molar refractivity (Wildman–Crippen MR) is 66.4 cm³/mol. The Bertz CT molecular complexity index is 491. The molecule has 90 valence electrons. The van der Waals surface area contributed by atoms with Crippen LogP contribution >= 0.6 is 0 Å². The van der Waals surface area contributed by atoms with Crippen molar-refractivity contribution in [2.75, 3.05) is 0 Å². The Balaban J connectivity index is 2.09. The highest BCUT2D eigenvalue weighted by Gasteiger charge is 2.42. The molecule has 0 aromatic heterocycles. The maximum absolute atomic E-state index is 11.7. The molecule has 0 bridgehead atoms. The third kappa shape index (κ3) is 1.43. The first kappa shape index (κ1) is 10.8. The first-order valence-electron chi connectivity index (χ1n) is 6.35. The van der Waals surface area contributed by atoms with Gasteiger partial charge in [0.1, 0.15) is 6.10 Å². The first-order valence-corrected chi connectivity index (χ1v) is 6.35. The summed E-state index contributed by atoms with van der Waals surface area (Å²) >= 11 is 0. The highest BCUT2D eigenvalue weighted by Crippen LogP contribution is 2.46. The number of carbonyl (C=O) groups is 1. The molecule has 2 atom stereocenters. The number of esters is 1. The topological polar surface area (TPSA) is 26.3 Å². The van der Waals surface area contributed by atoms with E-state index in [4.69, 9.17) is 4.74 Å². The van der Waals surface area contributed by atoms with E-state index < -0.39 is 0 Å². The molecule has 0 spiro atoms. The summed E-state index contributed by atoms with van der Waals surface area (Å²) in [5.74, 6) is 0.220. The quantitative estimate of drug-likeness (QED) is 0.471. The Labute approximate surface area is 102 Å². The van der Waals surface area contributed by atoms with Crippen LogP contribution in [0.4, 0.5) is 0 Å². The van der Waals surface area contributed by atoms with E-state index in [1.165, 1.54) is 22.3 Å². The van der Waals surface area contributed by atoms with Crippen LogP contribution in [0.2, 0.25) is 0 Å². The van der Waals surface area contributed by atoms with Gasteiger partial charge in [0, 0.05) is 11.5 Å². The van der Waals surface area contributed by atoms with Gasteiger partial charge < -0.3 is 4.74 Å². The Morgan fingerprint density at radius 1 is 1.18 bits per heavy atom. The second-order valence-electron chi connectivity index (χ2n) is 5.41. The molecular weight excluding hydrogens is 212 g/mol. The van der Waals surface area contributed by atoms with Crippen LogP contribution < -0.4 is 0 Å². The van der Waals surface area contributed by atoms with E-state index in [1.807, 2.05) is 6.92 Å². The number of hydrogen-bond acceptors (Lipinski definition) is 2. The fourth-order valence-electron chi connectivity index (χ4n) is 3.36. The van der Waals surface area contributed by atoms with Gasteiger partial charge in [0.05, 0.1) is 0 Å². The van der Waals surface area contributed by atoms with Crippen molar-refractivity contribution in [2.45, 2.75) is 46.1 Å². The van der Waals surface area contributed by atoms with Crippen molar-refractivity contribution < 1.29 is 9.53 Å². The third-order valence-electron chi connectivity index (χ3n) is 4.50. The van der Waals surface area contributed by atoms with E-state index in [9.17, 15) is 4.79 Å². The van der Waals surface area contributed by atoms with Crippen LogP contribution in [0.25, 0.3) is 0 Å². The van der Waals surface area contributed by atoms with Crippen molar-refractivity contribution in [3.05, 3.63) is 33.9 Å². The van der Waals surface area contributed by atoms with Gasteiger partial charge >= 0.3 is 5.97 Å². The Kier molecular flexibility index (Phi) is 2.29. The largest absolute Gasteiger partial charge is 0.453 e. The number of carbonyl (C=O) groups excluding carboxylic acids is 1. The summed E-state index contributed by atoms with van der Waals surface area (Å²) in [4.78, 5) is 11.7. The normalized spacial score (nSPS) is 32.2. The molecular formula is C15H18O2. The fraction of sp³-hybridized carbons (Fsp3) is 0.533. The molecule has 1 heterocycles. The molecule has 17 heavy (non-hydrogen) atoms. The van der Waals surface area contributed by atoms with Crippen molar-refractivity contribution in [1.29, 1.82) is 0 Å². The minimum atomic E-state index is -0.108. The zero-order valence-electron chi connectivity index (χ0n) is 10.7. The smallest absolute Gasteiger partial charge is 0.334 e. The van der Waals surface area contributed by atoms with Gasteiger partial charge in [0.15, 0.2) is 0 Å². The summed E-state index contributed by atoms with van der Waals surface area (Å²) in [6, 6.07) is 0. The highest BCUT2D eigenvalue weighted by atomic mass is 16.5. The van der Waals surface area contributed by atoms with Gasteiger partial charge in [-0.1, -0.05) is 22.8 Å². The molecule has 2 nitrogen and oxygen atoms in total. The number of rotatable bonds is 0. The molecule has 2 aliphatic carbocycles. The molecule has 0 aromatic carbocycles. The van der Waals surface area contributed by atoms with Crippen molar-refractivity contribution in [3.8, 4) is 0 Å². The fourth-order valence-corrected chi connectivity index (χ4v) is 3.36. The molecule has 0 radical (unpaired) electrons. The lowest BCUT2D eigenvalue weighted by Crippen LogP contribution is -2.23. The summed E-state index contributed by atoms with van der Waals surface area (Å²) in [6.45, 7) is 6.30. The zero-order chi connectivity index (χ0) is 12.2. The van der Waals surface area contributed by atoms with Crippen LogP contribution in [-0.2, 0) is 9.53 Å². The zero-order valence-corrected chi connectivity index (χ0v) is 10.7. The third-order valence-corrected chi connectivity index (χ3v) is 4.50. The maximum atomic E-state index is 11.7. The lowest BCUT2D eigenvalue weighted by atomic mass is 9.87. The lowest BCUT2D eigenvalue weighted by Gasteiger charge is -2.22. The molecule has 2 unspecified atom stereocenters. The minimum absolute atomic E-state index is 0.00583. The summed E-state index contributed by atoms with van der Waals surface area (Å²) in [5.41, 5.74) is 6.44. The van der Waals surface area contributed by atoms with Crippen LogP contribution in [-0.4, -0.2) is 12.1 Å². The van der Waals surface area contributed by atoms with Crippen LogP contribution in [0.1, 0.15) is 40.0 Å². The number of allylic oxidation sites excluding steroid dienone is 2. The Morgan fingerprint density at radius 2 is 1.94 bits per heavy atom. The molecule has 1 aliphatic heterocycles. The average Bonchev–Trinajstić information content (AvgIpc) is 2.75. The van der Waals surface area contributed by atoms with Gasteiger partial charge in [-0.25, -0.2) is 4.79 Å². The maximum Gasteiger partial charge on any atom is 0.334 e. The van der Waals surface area contributed by atoms with Gasteiger partial charge in [0.25, 0.3) is 0 Å². The summed E-state index contributed by atoms with van der Waals surface area (Å²) in [5, 5.41) is 0. The van der Waals surface area contributed by atoms with Gasteiger partial charge in [-0.3, -0.25) is 0 Å². The number of ether oxygens (including phenoxy) is 1. The number of fused-ring (bicyclic) bond motifs is 3. The number of hydrogen-bond donors (Lipinski definition) is 0. The van der Waals surface area contributed by atoms with Gasteiger partial charge in [0.2, 0.25) is 0 Å². The van der Waals surface area contributed by atoms with E-state index >= 15 is 0 Å². The van der Waals surface area contributed by atoms with Crippen LogP contribution in [0.5, 0.6) is 0 Å². The van der Waals surface area contributed by atoms with Crippen LogP contribution in [0.3, 0.4) is 0 Å². The van der Waals surface area contributed by atoms with Crippen LogP contribution in [0, 0.1) is 5.92 Å². The Morgan fingerprint density at radius 3 is 2.71 bits per heavy atom. The molecule has 0 saturated carbocycles. The standard InChI is InChI=1S/C15H18O2/c1-8-4-7-12-10(3)15(16)17-14(12)13-9(2)5-6-11(8)13/h5,13-14H,4,6-7H2,1-3H3. The molecule has 3 aliphatic rings. The van der Waals surface area contributed by atoms with Crippen molar-refractivity contribution in [2.24, 2.45) is 5.92 Å². The van der Waals surface area contributed by atoms with E-state index in [2.05, 4.69) is 19.9 Å². The first-order chi connectivity index (χ1) is 8.09. The van der Waals surface area contributed by atoms with E-state index in [0.717, 1.165) is 24.8 Å². The van der Waals surface area contributed by atoms with Crippen LogP contribution in [0.15, 0.2) is 33.9 Å². The van der Waals surface area contributed by atoms with Gasteiger partial charge in [-0.05, 0) is 45.6 Å². The van der Waals surface area contributed by atoms with E-state index in [0.29, 0.717) is 5.92 Å². The Hall–Kier alpha value is -1.31. The van der Waals surface area contributed by atoms with Gasteiger partial charge in [-0.2, -0.15) is 0 Å². The summed E-state index contributed by atoms with van der Waals surface area (Å²) in [7, 11) is 0. The van der Waals surface area contributed by atoms with E-state index in [-0.39, 0.29) is 12.1 Å². The second kappa shape index (κ2) is 3.59. The van der Waals surface area contributed by atoms with E-state index in [1.54, 1.807) is 0 Å². The molecule has 0 fully saturated rings.